The van der Waals surface area contributed by atoms with Crippen LogP contribution in [0.25, 0.3) is 0 Å². The standard InChI is InChI=1S/2C11H24.2H3O3PS/c2*1-6-7-8-10(4)11(5)9(2)3;2*1-4(2,3)5/h2*9-11H,6-8H2,1-5H3;2*(H3,1,2,3,5). The molecule has 0 aliphatic heterocycles. The molecule has 0 aromatic carbocycles. The molecule has 0 spiro atoms. The molecule has 0 rings (SSSR count). The zero-order chi connectivity index (χ0) is 26.7. The van der Waals surface area contributed by atoms with Crippen molar-refractivity contribution in [1.29, 1.82) is 0 Å². The molecule has 0 aliphatic carbocycles. The lowest BCUT2D eigenvalue weighted by Gasteiger charge is -2.23. The number of hydrogen-bond acceptors (Lipinski definition) is 2. The quantitative estimate of drug-likeness (QED) is 0.172. The molecule has 0 fully saturated rings. The van der Waals surface area contributed by atoms with E-state index in [0.29, 0.717) is 0 Å². The normalized spacial score (nSPS) is 15.3. The van der Waals surface area contributed by atoms with Gasteiger partial charge in [0.05, 0.1) is 0 Å². The van der Waals surface area contributed by atoms with Crippen LogP contribution in [-0.2, 0) is 23.6 Å². The second-order valence-corrected chi connectivity index (χ2v) is 14.5. The van der Waals surface area contributed by atoms with Crippen LogP contribution < -0.4 is 0 Å². The molecule has 200 valence electrons. The highest BCUT2D eigenvalue weighted by atomic mass is 32.5. The average molecular weight is 541 g/mol. The largest absolute Gasteiger partial charge is 0.325 e. The lowest BCUT2D eigenvalue weighted by Crippen LogP contribution is -2.13. The van der Waals surface area contributed by atoms with E-state index in [1.54, 1.807) is 0 Å². The van der Waals surface area contributed by atoms with Gasteiger partial charge in [0.2, 0.25) is 0 Å². The minimum atomic E-state index is -3.81. The summed E-state index contributed by atoms with van der Waals surface area (Å²) >= 11 is 7.21. The van der Waals surface area contributed by atoms with E-state index in [0.717, 1.165) is 35.5 Å². The zero-order valence-electron chi connectivity index (χ0n) is 22.1. The van der Waals surface area contributed by atoms with Gasteiger partial charge in [0.25, 0.3) is 0 Å². The van der Waals surface area contributed by atoms with Crippen LogP contribution in [0.5, 0.6) is 0 Å². The Bertz CT molecular complexity index is 434. The van der Waals surface area contributed by atoms with Gasteiger partial charge in [-0.1, -0.05) is 108 Å². The first-order valence-electron chi connectivity index (χ1n) is 11.7. The summed E-state index contributed by atoms with van der Waals surface area (Å²) in [5, 5.41) is 0. The van der Waals surface area contributed by atoms with Crippen molar-refractivity contribution in [2.45, 2.75) is 108 Å². The van der Waals surface area contributed by atoms with E-state index < -0.39 is 13.4 Å². The van der Waals surface area contributed by atoms with Gasteiger partial charge in [0, 0.05) is 0 Å². The molecule has 0 saturated carbocycles. The Hall–Kier alpha value is 1.06. The summed E-state index contributed by atoms with van der Waals surface area (Å²) in [5.74, 6) is 5.30. The van der Waals surface area contributed by atoms with Crippen LogP contribution in [-0.4, -0.2) is 29.4 Å². The van der Waals surface area contributed by atoms with Crippen molar-refractivity contribution < 1.29 is 29.4 Å². The molecule has 0 aromatic rings. The van der Waals surface area contributed by atoms with E-state index in [9.17, 15) is 0 Å². The van der Waals surface area contributed by atoms with Crippen LogP contribution in [0.2, 0.25) is 0 Å². The fraction of sp³-hybridized carbons (Fsp3) is 1.00. The smallest absolute Gasteiger partial charge is 0.319 e. The van der Waals surface area contributed by atoms with Crippen molar-refractivity contribution in [3.05, 3.63) is 0 Å². The highest BCUT2D eigenvalue weighted by Crippen LogP contribution is 2.27. The summed E-state index contributed by atoms with van der Waals surface area (Å²) in [6.07, 6.45) is 8.31. The molecule has 4 atom stereocenters. The first kappa shape index (κ1) is 40.2. The third-order valence-electron chi connectivity index (χ3n) is 5.92. The minimum absolute atomic E-state index is 0.849. The number of rotatable bonds is 10. The van der Waals surface area contributed by atoms with Gasteiger partial charge in [0.15, 0.2) is 0 Å². The minimum Gasteiger partial charge on any atom is -0.325 e. The van der Waals surface area contributed by atoms with Gasteiger partial charge in [-0.2, -0.15) is 0 Å². The molecule has 10 heteroatoms. The lowest BCUT2D eigenvalue weighted by molar-refractivity contribution is 0.277. The molecule has 0 saturated heterocycles. The van der Waals surface area contributed by atoms with E-state index >= 15 is 0 Å². The van der Waals surface area contributed by atoms with Crippen LogP contribution in [0.15, 0.2) is 0 Å². The van der Waals surface area contributed by atoms with Crippen molar-refractivity contribution in [3.63, 3.8) is 0 Å². The fourth-order valence-corrected chi connectivity index (χ4v) is 2.89. The van der Waals surface area contributed by atoms with Gasteiger partial charge < -0.3 is 29.4 Å². The zero-order valence-corrected chi connectivity index (χ0v) is 25.5. The molecule has 0 heterocycles. The Balaban J connectivity index is -0.000000175. The summed E-state index contributed by atoms with van der Waals surface area (Å²) in [7, 11) is 0. The van der Waals surface area contributed by atoms with Crippen molar-refractivity contribution in [2.24, 2.45) is 35.5 Å². The van der Waals surface area contributed by atoms with Crippen molar-refractivity contribution in [1.82, 2.24) is 0 Å². The number of unbranched alkanes of at least 4 members (excludes halogenated alkanes) is 2. The molecule has 0 bridgehead atoms. The van der Waals surface area contributed by atoms with Crippen molar-refractivity contribution >= 4 is 37.1 Å². The Morgan fingerprint density at radius 1 is 0.531 bits per heavy atom. The summed E-state index contributed by atoms with van der Waals surface area (Å²) in [6, 6.07) is 0. The van der Waals surface area contributed by atoms with Crippen LogP contribution in [0.1, 0.15) is 108 Å². The maximum absolute atomic E-state index is 7.56. The highest BCUT2D eigenvalue weighted by molar-refractivity contribution is 8.06. The first-order chi connectivity index (χ1) is 14.2. The van der Waals surface area contributed by atoms with Crippen LogP contribution in [0, 0.1) is 35.5 Å². The lowest BCUT2D eigenvalue weighted by atomic mass is 9.83. The third-order valence-corrected chi connectivity index (χ3v) is 5.92. The monoisotopic (exact) mass is 540 g/mol. The highest BCUT2D eigenvalue weighted by Gasteiger charge is 2.15. The molecule has 6 nitrogen and oxygen atoms in total. The third kappa shape index (κ3) is 44.7. The molecular formula is C22H54O6P2S2. The summed E-state index contributed by atoms with van der Waals surface area (Å²) < 4.78 is 0. The molecule has 6 N–H and O–H groups in total. The molecule has 0 aliphatic rings. The fourth-order valence-electron chi connectivity index (χ4n) is 2.89. The van der Waals surface area contributed by atoms with Crippen molar-refractivity contribution in [3.8, 4) is 0 Å². The SMILES string of the molecule is CCCCC(C)C(C)C(C)C.CCCCC(C)C(C)C(C)C.OP(O)(O)=S.OP(O)(O)=S. The van der Waals surface area contributed by atoms with E-state index in [1.165, 1.54) is 38.5 Å². The van der Waals surface area contributed by atoms with Crippen LogP contribution in [0.3, 0.4) is 0 Å². The molecule has 0 aromatic heterocycles. The van der Waals surface area contributed by atoms with Gasteiger partial charge in [0.1, 0.15) is 0 Å². The molecule has 0 radical (unpaired) electrons. The van der Waals surface area contributed by atoms with E-state index in [2.05, 4.69) is 92.9 Å². The Kier molecular flexibility index (Phi) is 28.3. The molecular weight excluding hydrogens is 486 g/mol. The van der Waals surface area contributed by atoms with E-state index in [1.807, 2.05) is 0 Å². The Morgan fingerprint density at radius 3 is 0.844 bits per heavy atom. The maximum atomic E-state index is 7.56. The van der Waals surface area contributed by atoms with Gasteiger partial charge in [-0.3, -0.25) is 0 Å². The summed E-state index contributed by atoms with van der Waals surface area (Å²) in [6.45, 7) is 15.8. The number of hydrogen-bond donors (Lipinski definition) is 6. The van der Waals surface area contributed by atoms with Crippen LogP contribution in [0.4, 0.5) is 0 Å². The van der Waals surface area contributed by atoms with Crippen molar-refractivity contribution in [2.75, 3.05) is 0 Å². The van der Waals surface area contributed by atoms with Crippen LogP contribution >= 0.6 is 13.4 Å². The maximum Gasteiger partial charge on any atom is 0.319 e. The van der Waals surface area contributed by atoms with Gasteiger partial charge in [-0.25, -0.2) is 0 Å². The predicted molar refractivity (Wildman–Crippen MR) is 147 cm³/mol. The average Bonchev–Trinajstić information content (AvgIpc) is 2.60. The molecule has 4 unspecified atom stereocenters. The van der Waals surface area contributed by atoms with E-state index in [4.69, 9.17) is 29.4 Å². The Labute approximate surface area is 209 Å². The van der Waals surface area contributed by atoms with Gasteiger partial charge in [-0.05, 0) is 59.1 Å². The summed E-state index contributed by atoms with van der Waals surface area (Å²) in [5.41, 5.74) is 0. The predicted octanol–water partition coefficient (Wildman–Crippen LogP) is 6.59. The topological polar surface area (TPSA) is 121 Å². The Morgan fingerprint density at radius 2 is 0.719 bits per heavy atom. The molecule has 32 heavy (non-hydrogen) atoms. The van der Waals surface area contributed by atoms with Gasteiger partial charge >= 0.3 is 13.4 Å². The second kappa shape index (κ2) is 22.5. The second-order valence-electron chi connectivity index (χ2n) is 9.47. The first-order valence-corrected chi connectivity index (χ1v) is 17.1. The van der Waals surface area contributed by atoms with Gasteiger partial charge in [-0.15, -0.1) is 0 Å². The summed E-state index contributed by atoms with van der Waals surface area (Å²) in [4.78, 5) is 45.3. The molecule has 0 amide bonds. The van der Waals surface area contributed by atoms with E-state index in [-0.39, 0.29) is 0 Å².